The molecule has 0 spiro atoms. The van der Waals surface area contributed by atoms with E-state index in [1.165, 1.54) is 0 Å². The Bertz CT molecular complexity index is 265. The van der Waals surface area contributed by atoms with Crippen LogP contribution in [0.1, 0.15) is 0 Å². The summed E-state index contributed by atoms with van der Waals surface area (Å²) in [7, 11) is 2.99. The number of hydrogen-bond acceptors (Lipinski definition) is 0. The molecule has 74 valence electrons. The van der Waals surface area contributed by atoms with Crippen molar-refractivity contribution in [2.45, 2.75) is 39.3 Å². The predicted molar refractivity (Wildman–Crippen MR) is 75.5 cm³/mol. The Morgan fingerprint density at radius 2 is 1.08 bits per heavy atom. The molecule has 0 bridgehead atoms. The molecule has 1 aromatic heterocycles. The molecule has 0 N–H and O–H groups in total. The van der Waals surface area contributed by atoms with Gasteiger partial charge >= 0.3 is 0 Å². The molecule has 0 saturated heterocycles. The molecule has 0 fully saturated rings. The average Bonchev–Trinajstić information content (AvgIpc) is 2.28. The molecular weight excluding hydrogens is 245 g/mol. The minimum atomic E-state index is -0.958. The van der Waals surface area contributed by atoms with Gasteiger partial charge in [-0.15, -0.1) is 9.30 Å². The zero-order valence-electron chi connectivity index (χ0n) is 9.34. The number of hydrogen-bond donors (Lipinski definition) is 0. The summed E-state index contributed by atoms with van der Waals surface area (Å²) in [5, 5.41) is 0. The van der Waals surface area contributed by atoms with Gasteiger partial charge in [-0.05, 0) is 0 Å². The van der Waals surface area contributed by atoms with Crippen molar-refractivity contribution in [1.29, 1.82) is 0 Å². The van der Waals surface area contributed by atoms with E-state index in [2.05, 4.69) is 39.3 Å². The lowest BCUT2D eigenvalue weighted by Gasteiger charge is -2.21. The van der Waals surface area contributed by atoms with Crippen molar-refractivity contribution < 1.29 is 0 Å². The maximum atomic E-state index is 2.48. The molecule has 0 aromatic carbocycles. The molecule has 0 unspecified atom stereocenters. The second-order valence-electron chi connectivity index (χ2n) is 5.46. The largest absolute Gasteiger partial charge is 0.279 e. The van der Waals surface area contributed by atoms with E-state index < -0.39 is 16.1 Å². The Morgan fingerprint density at radius 1 is 0.769 bits per heavy atom. The van der Waals surface area contributed by atoms with Gasteiger partial charge in [0.2, 0.25) is 0 Å². The van der Waals surface area contributed by atoms with Crippen molar-refractivity contribution in [3.8, 4) is 0 Å². The van der Waals surface area contributed by atoms with Crippen LogP contribution in [0.25, 0.3) is 0 Å². The second-order valence-corrected chi connectivity index (χ2v) is 21.5. The van der Waals surface area contributed by atoms with Crippen LogP contribution in [0.3, 0.4) is 0 Å². The summed E-state index contributed by atoms with van der Waals surface area (Å²) < 4.78 is 3.71. The van der Waals surface area contributed by atoms with E-state index in [-0.39, 0.29) is 0 Å². The quantitative estimate of drug-likeness (QED) is 0.700. The summed E-state index contributed by atoms with van der Waals surface area (Å²) in [5.74, 6) is 0. The lowest BCUT2D eigenvalue weighted by atomic mass is 11.7. The van der Waals surface area contributed by atoms with Crippen molar-refractivity contribution in [2.24, 2.45) is 0 Å². The minimum Gasteiger partial charge on any atom is -0.279 e. The van der Waals surface area contributed by atoms with Gasteiger partial charge in [-0.1, -0.05) is 39.3 Å². The zero-order valence-corrected chi connectivity index (χ0v) is 14.0. The van der Waals surface area contributed by atoms with Crippen molar-refractivity contribution >= 4 is 49.4 Å². The van der Waals surface area contributed by atoms with Gasteiger partial charge in [0.05, 0.1) is 16.1 Å². The molecule has 0 atom stereocenters. The highest BCUT2D eigenvalue weighted by Crippen LogP contribution is 2.30. The van der Waals surface area contributed by atoms with E-state index in [1.807, 2.05) is 9.30 Å². The molecule has 1 aromatic rings. The van der Waals surface area contributed by atoms with Gasteiger partial charge in [-0.3, -0.25) is 15.7 Å². The first kappa shape index (κ1) is 12.1. The Hall–Kier alpha value is 1.07. The summed E-state index contributed by atoms with van der Waals surface area (Å²) >= 11 is 0. The molecular formula is C8H18P3Si2-. The zero-order chi connectivity index (χ0) is 10.3. The van der Waals surface area contributed by atoms with Crippen LogP contribution in [0.4, 0.5) is 0 Å². The predicted octanol–water partition coefficient (Wildman–Crippen LogP) is 4.24. The van der Waals surface area contributed by atoms with Crippen molar-refractivity contribution in [3.05, 3.63) is 0 Å². The average molecular weight is 263 g/mol. The van der Waals surface area contributed by atoms with Gasteiger partial charge in [-0.25, -0.2) is 8.19 Å². The molecule has 5 heteroatoms. The van der Waals surface area contributed by atoms with Crippen molar-refractivity contribution in [3.63, 3.8) is 0 Å². The molecule has 0 radical (unpaired) electrons. The standard InChI is InChI=1S/C8H18P3Si2/c1-12(2,3)7-9-8(11-10-7)13(4,5)6/h1-6H3/q-1. The molecule has 0 nitrogen and oxygen atoms in total. The van der Waals surface area contributed by atoms with Gasteiger partial charge in [0.15, 0.2) is 0 Å². The first-order valence-corrected chi connectivity index (χ1v) is 15.0. The molecule has 0 amide bonds. The Labute approximate surface area is 88.8 Å². The first-order valence-electron chi connectivity index (χ1n) is 4.59. The van der Waals surface area contributed by atoms with E-state index in [0.29, 0.717) is 0 Å². The highest BCUT2D eigenvalue weighted by Gasteiger charge is 2.17. The Kier molecular flexibility index (Phi) is 3.65. The van der Waals surface area contributed by atoms with Crippen LogP contribution in [0, 0.1) is 0 Å². The van der Waals surface area contributed by atoms with Crippen LogP contribution < -0.4 is 9.30 Å². The summed E-state index contributed by atoms with van der Waals surface area (Å²) in [6.45, 7) is 14.9. The van der Waals surface area contributed by atoms with E-state index in [0.717, 1.165) is 0 Å². The molecule has 0 aliphatic heterocycles. The Morgan fingerprint density at radius 3 is 1.23 bits per heavy atom. The lowest BCUT2D eigenvalue weighted by Crippen LogP contribution is -2.36. The molecule has 0 saturated carbocycles. The van der Waals surface area contributed by atoms with Crippen LogP contribution in [0.2, 0.25) is 39.3 Å². The highest BCUT2D eigenvalue weighted by molar-refractivity contribution is 8.04. The van der Waals surface area contributed by atoms with E-state index >= 15 is 0 Å². The van der Waals surface area contributed by atoms with Crippen molar-refractivity contribution in [2.75, 3.05) is 0 Å². The molecule has 13 heavy (non-hydrogen) atoms. The van der Waals surface area contributed by atoms with Crippen LogP contribution in [-0.2, 0) is 0 Å². The summed E-state index contributed by atoms with van der Waals surface area (Å²) in [6.07, 6.45) is 0. The molecule has 1 heterocycles. The summed E-state index contributed by atoms with van der Waals surface area (Å²) in [4.78, 5) is 0. The van der Waals surface area contributed by atoms with Crippen molar-refractivity contribution in [1.82, 2.24) is 0 Å². The van der Waals surface area contributed by atoms with Crippen LogP contribution in [0.5, 0.6) is 0 Å². The molecule has 1 rings (SSSR count). The minimum absolute atomic E-state index is 0.958. The van der Waals surface area contributed by atoms with E-state index in [9.17, 15) is 0 Å². The van der Waals surface area contributed by atoms with Gasteiger partial charge in [0, 0.05) is 0 Å². The fourth-order valence-corrected chi connectivity index (χ4v) is 17.6. The van der Waals surface area contributed by atoms with Crippen LogP contribution in [-0.4, -0.2) is 16.1 Å². The number of rotatable bonds is 2. The molecule has 0 aliphatic carbocycles. The third-order valence-electron chi connectivity index (χ3n) is 1.79. The Balaban J connectivity index is 3.01. The fourth-order valence-electron chi connectivity index (χ4n) is 0.875. The fraction of sp³-hybridized carbons (Fsp3) is 0.750. The highest BCUT2D eigenvalue weighted by atomic mass is 31.8. The van der Waals surface area contributed by atoms with Gasteiger partial charge in [-0.2, -0.15) is 0 Å². The third kappa shape index (κ3) is 3.29. The van der Waals surface area contributed by atoms with Crippen LogP contribution >= 0.6 is 23.9 Å². The maximum absolute atomic E-state index is 2.48. The molecule has 0 aliphatic rings. The normalized spacial score (nSPS) is 15.2. The van der Waals surface area contributed by atoms with Gasteiger partial charge < -0.3 is 0 Å². The van der Waals surface area contributed by atoms with E-state index in [1.54, 1.807) is 23.9 Å². The third-order valence-corrected chi connectivity index (χ3v) is 19.5. The van der Waals surface area contributed by atoms with Gasteiger partial charge in [0.1, 0.15) is 0 Å². The monoisotopic (exact) mass is 263 g/mol. The topological polar surface area (TPSA) is 0 Å². The van der Waals surface area contributed by atoms with Crippen LogP contribution in [0.15, 0.2) is 0 Å². The van der Waals surface area contributed by atoms with E-state index in [4.69, 9.17) is 0 Å². The smallest absolute Gasteiger partial charge is 0.0586 e. The summed E-state index contributed by atoms with van der Waals surface area (Å²) in [6, 6.07) is 0. The van der Waals surface area contributed by atoms with Gasteiger partial charge in [0.25, 0.3) is 0 Å². The maximum Gasteiger partial charge on any atom is 0.0586 e. The first-order chi connectivity index (χ1) is 5.71. The second kappa shape index (κ2) is 3.91. The summed E-state index contributed by atoms with van der Waals surface area (Å²) in [5.41, 5.74) is 0. The lowest BCUT2D eigenvalue weighted by molar-refractivity contribution is 1.82. The SMILES string of the molecule is C[Si](C)(C)c1ppc([Si](C)(C)C)[p-]1.